The minimum atomic E-state index is -0.220. The zero-order valence-corrected chi connectivity index (χ0v) is 17.8. The highest BCUT2D eigenvalue weighted by atomic mass is 32.2. The lowest BCUT2D eigenvalue weighted by molar-refractivity contribution is -0.120. The fourth-order valence-electron chi connectivity index (χ4n) is 3.52. The van der Waals surface area contributed by atoms with Crippen molar-refractivity contribution in [3.63, 3.8) is 0 Å². The lowest BCUT2D eigenvalue weighted by Gasteiger charge is -2.33. The van der Waals surface area contributed by atoms with Crippen LogP contribution in [0.15, 0.2) is 22.7 Å². The number of hydrogen-bond acceptors (Lipinski definition) is 5. The van der Waals surface area contributed by atoms with E-state index in [9.17, 15) is 4.79 Å². The van der Waals surface area contributed by atoms with Gasteiger partial charge in [0.25, 0.3) is 0 Å². The summed E-state index contributed by atoms with van der Waals surface area (Å²) in [7, 11) is 0. The Morgan fingerprint density at radius 1 is 1.31 bits per heavy atom. The van der Waals surface area contributed by atoms with E-state index in [-0.39, 0.29) is 16.9 Å². The molecular formula is C19H28N4OS2. The summed E-state index contributed by atoms with van der Waals surface area (Å²) in [5, 5.41) is 14.8. The first-order valence-corrected chi connectivity index (χ1v) is 10.9. The molecule has 0 aliphatic heterocycles. The zero-order valence-electron chi connectivity index (χ0n) is 16.2. The Morgan fingerprint density at radius 3 is 2.62 bits per heavy atom. The van der Waals surface area contributed by atoms with E-state index in [1.165, 1.54) is 11.8 Å². The molecule has 1 fully saturated rings. The van der Waals surface area contributed by atoms with E-state index in [2.05, 4.69) is 66.1 Å². The summed E-state index contributed by atoms with van der Waals surface area (Å²) in [6.45, 7) is 10.8. The van der Waals surface area contributed by atoms with Gasteiger partial charge in [-0.15, -0.1) is 21.5 Å². The maximum atomic E-state index is 12.5. The average Bonchev–Trinajstić information content (AvgIpc) is 3.03. The van der Waals surface area contributed by atoms with Crippen molar-refractivity contribution in [2.45, 2.75) is 70.6 Å². The van der Waals surface area contributed by atoms with Gasteiger partial charge in [-0.05, 0) is 50.0 Å². The fourth-order valence-corrected chi connectivity index (χ4v) is 5.04. The monoisotopic (exact) mass is 392 g/mol. The Hall–Kier alpha value is -1.34. The summed E-state index contributed by atoms with van der Waals surface area (Å²) in [5.74, 6) is 1.34. The van der Waals surface area contributed by atoms with Crippen LogP contribution < -0.4 is 5.32 Å². The van der Waals surface area contributed by atoms with Crippen LogP contribution in [0.2, 0.25) is 0 Å². The van der Waals surface area contributed by atoms with Gasteiger partial charge < -0.3 is 5.32 Å². The van der Waals surface area contributed by atoms with Gasteiger partial charge in [0.2, 0.25) is 5.91 Å². The Bertz CT molecular complexity index is 755. The highest BCUT2D eigenvalue weighted by molar-refractivity contribution is 7.99. The van der Waals surface area contributed by atoms with Crippen LogP contribution >= 0.6 is 23.1 Å². The van der Waals surface area contributed by atoms with Crippen molar-refractivity contribution in [2.24, 2.45) is 5.41 Å². The van der Waals surface area contributed by atoms with Crippen LogP contribution in [0.1, 0.15) is 59.9 Å². The summed E-state index contributed by atoms with van der Waals surface area (Å²) in [6, 6.07) is 4.58. The summed E-state index contributed by atoms with van der Waals surface area (Å²) in [6.07, 6.45) is 3.25. The molecule has 2 aromatic rings. The third-order valence-corrected chi connectivity index (χ3v) is 5.91. The van der Waals surface area contributed by atoms with Crippen molar-refractivity contribution in [2.75, 3.05) is 5.75 Å². The molecular weight excluding hydrogens is 364 g/mol. The summed E-state index contributed by atoms with van der Waals surface area (Å²) in [4.78, 5) is 13.6. The van der Waals surface area contributed by atoms with Gasteiger partial charge >= 0.3 is 0 Å². The third kappa shape index (κ3) is 5.10. The molecule has 0 unspecified atom stereocenters. The predicted octanol–water partition coefficient (Wildman–Crippen LogP) is 4.76. The SMILES string of the molecule is CC(C)(C)CC(C)(C)NC(=O)CSc1nnc(-c2cccs2)n1C1CC1. The number of nitrogens with zero attached hydrogens (tertiary/aromatic N) is 3. The first-order valence-electron chi connectivity index (χ1n) is 9.07. The van der Waals surface area contributed by atoms with E-state index >= 15 is 0 Å². The molecule has 0 spiro atoms. The molecule has 0 bridgehead atoms. The van der Waals surface area contributed by atoms with Gasteiger partial charge in [0.1, 0.15) is 0 Å². The number of thioether (sulfide) groups is 1. The molecule has 1 amide bonds. The van der Waals surface area contributed by atoms with Crippen LogP contribution in [0.25, 0.3) is 10.7 Å². The number of rotatable bonds is 7. The van der Waals surface area contributed by atoms with E-state index in [1.54, 1.807) is 11.3 Å². The molecule has 7 heteroatoms. The fraction of sp³-hybridized carbons (Fsp3) is 0.632. The van der Waals surface area contributed by atoms with Gasteiger partial charge in [-0.3, -0.25) is 9.36 Å². The number of carbonyl (C=O) groups excluding carboxylic acids is 1. The average molecular weight is 393 g/mol. The van der Waals surface area contributed by atoms with Crippen molar-refractivity contribution in [1.82, 2.24) is 20.1 Å². The molecule has 0 saturated heterocycles. The molecule has 2 heterocycles. The second kappa shape index (κ2) is 7.35. The lowest BCUT2D eigenvalue weighted by atomic mass is 9.82. The normalized spacial score (nSPS) is 15.3. The van der Waals surface area contributed by atoms with Crippen LogP contribution in [-0.4, -0.2) is 32.0 Å². The zero-order chi connectivity index (χ0) is 18.9. The maximum absolute atomic E-state index is 12.5. The van der Waals surface area contributed by atoms with Gasteiger partial charge in [0, 0.05) is 11.6 Å². The van der Waals surface area contributed by atoms with Crippen LogP contribution in [0.5, 0.6) is 0 Å². The Kier molecular flexibility index (Phi) is 5.49. The number of carbonyl (C=O) groups is 1. The van der Waals surface area contributed by atoms with Crippen LogP contribution in [0, 0.1) is 5.41 Å². The molecule has 2 aromatic heterocycles. The minimum Gasteiger partial charge on any atom is -0.350 e. The van der Waals surface area contributed by atoms with Gasteiger partial charge in [0.15, 0.2) is 11.0 Å². The predicted molar refractivity (Wildman–Crippen MR) is 109 cm³/mol. The lowest BCUT2D eigenvalue weighted by Crippen LogP contribution is -2.46. The number of thiophene rings is 1. The highest BCUT2D eigenvalue weighted by Gasteiger charge is 2.31. The standard InChI is InChI=1S/C19H28N4OS2/c1-18(2,3)12-19(4,5)20-15(24)11-26-17-22-21-16(14-7-6-10-25-14)23(17)13-8-9-13/h6-7,10,13H,8-9,11-12H2,1-5H3,(H,20,24). The van der Waals surface area contributed by atoms with Gasteiger partial charge in [-0.1, -0.05) is 38.6 Å². The van der Waals surface area contributed by atoms with Crippen molar-refractivity contribution in [1.29, 1.82) is 0 Å². The van der Waals surface area contributed by atoms with E-state index in [4.69, 9.17) is 0 Å². The third-order valence-electron chi connectivity index (χ3n) is 4.10. The Labute approximate surface area is 164 Å². The van der Waals surface area contributed by atoms with Crippen molar-refractivity contribution in [3.8, 4) is 10.7 Å². The smallest absolute Gasteiger partial charge is 0.230 e. The molecule has 5 nitrogen and oxygen atoms in total. The molecule has 142 valence electrons. The van der Waals surface area contributed by atoms with Gasteiger partial charge in [-0.2, -0.15) is 0 Å². The summed E-state index contributed by atoms with van der Waals surface area (Å²) >= 11 is 3.16. The molecule has 26 heavy (non-hydrogen) atoms. The second-order valence-corrected chi connectivity index (χ2v) is 10.7. The highest BCUT2D eigenvalue weighted by Crippen LogP contribution is 2.41. The number of nitrogens with one attached hydrogen (secondary N) is 1. The number of hydrogen-bond donors (Lipinski definition) is 1. The number of amides is 1. The van der Waals surface area contributed by atoms with Crippen molar-refractivity contribution in [3.05, 3.63) is 17.5 Å². The van der Waals surface area contributed by atoms with E-state index in [1.807, 2.05) is 6.07 Å². The molecule has 3 rings (SSSR count). The quantitative estimate of drug-likeness (QED) is 0.690. The molecule has 0 radical (unpaired) electrons. The van der Waals surface area contributed by atoms with Gasteiger partial charge in [-0.25, -0.2) is 0 Å². The first kappa shape index (κ1) is 19.4. The van der Waals surface area contributed by atoms with E-state index < -0.39 is 0 Å². The minimum absolute atomic E-state index is 0.0484. The summed E-state index contributed by atoms with van der Waals surface area (Å²) in [5.41, 5.74) is -0.0478. The second-order valence-electron chi connectivity index (χ2n) is 8.84. The molecule has 1 aliphatic rings. The maximum Gasteiger partial charge on any atom is 0.230 e. The van der Waals surface area contributed by atoms with Crippen LogP contribution in [0.4, 0.5) is 0 Å². The molecule has 0 atom stereocenters. The van der Waals surface area contributed by atoms with Gasteiger partial charge in [0.05, 0.1) is 10.6 Å². The van der Waals surface area contributed by atoms with E-state index in [0.29, 0.717) is 11.8 Å². The Balaban J connectivity index is 1.64. The van der Waals surface area contributed by atoms with Crippen LogP contribution in [0.3, 0.4) is 0 Å². The molecule has 0 aromatic carbocycles. The number of aromatic nitrogens is 3. The molecule has 1 saturated carbocycles. The summed E-state index contributed by atoms with van der Waals surface area (Å²) < 4.78 is 2.21. The van der Waals surface area contributed by atoms with Crippen molar-refractivity contribution >= 4 is 29.0 Å². The molecule has 1 aliphatic carbocycles. The Morgan fingerprint density at radius 2 is 2.04 bits per heavy atom. The first-order chi connectivity index (χ1) is 12.1. The van der Waals surface area contributed by atoms with Crippen molar-refractivity contribution < 1.29 is 4.79 Å². The molecule has 1 N–H and O–H groups in total. The topological polar surface area (TPSA) is 59.8 Å². The van der Waals surface area contributed by atoms with E-state index in [0.717, 1.165) is 35.1 Å². The van der Waals surface area contributed by atoms with Crippen LogP contribution in [-0.2, 0) is 4.79 Å². The largest absolute Gasteiger partial charge is 0.350 e.